The number of carbonyl (C=O) groups excluding carboxylic acids is 4. The van der Waals surface area contributed by atoms with Crippen molar-refractivity contribution >= 4 is 23.9 Å². The van der Waals surface area contributed by atoms with Gasteiger partial charge in [-0.2, -0.15) is 0 Å². The van der Waals surface area contributed by atoms with Gasteiger partial charge in [-0.15, -0.1) is 0 Å². The minimum absolute atomic E-state index is 0.167. The standard InChI is InChI=1S/C29H26O10/c1-18(30)36-25-24(39-28(33)21-15-9-4-10-16-21)23(38-27(32)20-13-7-3-8-14-20)22(37-29(25)34)17-35-26(31)19-11-5-2-6-12-19/h2-16,22-25,29,34H,17H2,1H3/t22?,23-,24-,25?,29+/m0/s1. The predicted molar refractivity (Wildman–Crippen MR) is 134 cm³/mol. The van der Waals surface area contributed by atoms with Gasteiger partial charge >= 0.3 is 23.9 Å². The minimum atomic E-state index is -1.80. The summed E-state index contributed by atoms with van der Waals surface area (Å²) >= 11 is 0. The number of hydrogen-bond donors (Lipinski definition) is 1. The van der Waals surface area contributed by atoms with Gasteiger partial charge in [-0.25, -0.2) is 14.4 Å². The third-order valence-corrected chi connectivity index (χ3v) is 5.80. The molecule has 0 spiro atoms. The lowest BCUT2D eigenvalue weighted by Gasteiger charge is -2.42. The molecule has 10 nitrogen and oxygen atoms in total. The Balaban J connectivity index is 1.64. The average Bonchev–Trinajstić information content (AvgIpc) is 2.96. The van der Waals surface area contributed by atoms with Gasteiger partial charge in [0.05, 0.1) is 16.7 Å². The van der Waals surface area contributed by atoms with E-state index in [1.54, 1.807) is 66.7 Å². The van der Waals surface area contributed by atoms with Crippen molar-refractivity contribution in [1.29, 1.82) is 0 Å². The SMILES string of the molecule is CC(=O)OC1[C@H](O)OC(COC(=O)c2ccccc2)[C@H](OC(=O)c2ccccc2)[C@@H]1OC(=O)c1ccccc1. The molecule has 1 N–H and O–H groups in total. The van der Waals surface area contributed by atoms with E-state index in [9.17, 15) is 24.3 Å². The summed E-state index contributed by atoms with van der Waals surface area (Å²) in [5, 5.41) is 10.7. The van der Waals surface area contributed by atoms with Crippen LogP contribution in [0.2, 0.25) is 0 Å². The molecule has 1 aliphatic rings. The van der Waals surface area contributed by atoms with E-state index in [1.165, 1.54) is 24.3 Å². The molecule has 0 aromatic heterocycles. The van der Waals surface area contributed by atoms with Crippen molar-refractivity contribution in [3.05, 3.63) is 108 Å². The second-order valence-electron chi connectivity index (χ2n) is 8.58. The van der Waals surface area contributed by atoms with Gasteiger partial charge in [-0.1, -0.05) is 54.6 Å². The van der Waals surface area contributed by atoms with E-state index >= 15 is 0 Å². The predicted octanol–water partition coefficient (Wildman–Crippen LogP) is 2.94. The molecule has 0 amide bonds. The van der Waals surface area contributed by atoms with Crippen LogP contribution in [0.25, 0.3) is 0 Å². The Hall–Kier alpha value is -4.54. The summed E-state index contributed by atoms with van der Waals surface area (Å²) in [6.45, 7) is 0.616. The molecule has 3 aromatic rings. The van der Waals surface area contributed by atoms with Gasteiger partial charge in [0, 0.05) is 6.92 Å². The maximum atomic E-state index is 13.0. The number of ether oxygens (including phenoxy) is 5. The molecule has 10 heteroatoms. The Morgan fingerprint density at radius 2 is 1.08 bits per heavy atom. The van der Waals surface area contributed by atoms with E-state index in [1.807, 2.05) is 0 Å². The van der Waals surface area contributed by atoms with Gasteiger partial charge in [-0.3, -0.25) is 4.79 Å². The van der Waals surface area contributed by atoms with Crippen LogP contribution < -0.4 is 0 Å². The van der Waals surface area contributed by atoms with E-state index in [0.717, 1.165) is 6.92 Å². The highest BCUT2D eigenvalue weighted by molar-refractivity contribution is 5.91. The minimum Gasteiger partial charge on any atom is -0.459 e. The Morgan fingerprint density at radius 3 is 1.54 bits per heavy atom. The molecule has 202 valence electrons. The zero-order valence-electron chi connectivity index (χ0n) is 20.9. The molecule has 4 rings (SSSR count). The number of hydrogen-bond acceptors (Lipinski definition) is 10. The molecule has 0 bridgehead atoms. The van der Waals surface area contributed by atoms with Gasteiger partial charge in [0.25, 0.3) is 0 Å². The van der Waals surface area contributed by atoms with Gasteiger partial charge in [0.15, 0.2) is 24.6 Å². The number of aliphatic hydroxyl groups is 1. The fourth-order valence-electron chi connectivity index (χ4n) is 3.97. The van der Waals surface area contributed by atoms with Crippen molar-refractivity contribution in [3.63, 3.8) is 0 Å². The summed E-state index contributed by atoms with van der Waals surface area (Å²) in [4.78, 5) is 50.5. The molecule has 0 saturated carbocycles. The van der Waals surface area contributed by atoms with E-state index < -0.39 is 61.2 Å². The van der Waals surface area contributed by atoms with Crippen molar-refractivity contribution in [2.24, 2.45) is 0 Å². The van der Waals surface area contributed by atoms with Crippen molar-refractivity contribution in [3.8, 4) is 0 Å². The van der Waals surface area contributed by atoms with Gasteiger partial charge in [0.1, 0.15) is 12.7 Å². The van der Waals surface area contributed by atoms with Crippen LogP contribution in [-0.2, 0) is 28.5 Å². The third kappa shape index (κ3) is 7.07. The quantitative estimate of drug-likeness (QED) is 0.339. The lowest BCUT2D eigenvalue weighted by atomic mass is 9.98. The molecule has 39 heavy (non-hydrogen) atoms. The third-order valence-electron chi connectivity index (χ3n) is 5.80. The van der Waals surface area contributed by atoms with Crippen LogP contribution in [0.15, 0.2) is 91.0 Å². The molecule has 0 radical (unpaired) electrons. The number of rotatable bonds is 8. The second-order valence-corrected chi connectivity index (χ2v) is 8.58. The largest absolute Gasteiger partial charge is 0.459 e. The van der Waals surface area contributed by atoms with E-state index in [0.29, 0.717) is 0 Å². The summed E-state index contributed by atoms with van der Waals surface area (Å²) in [6, 6.07) is 24.1. The monoisotopic (exact) mass is 534 g/mol. The fraction of sp³-hybridized carbons (Fsp3) is 0.241. The Labute approximate surface area is 224 Å². The second kappa shape index (κ2) is 12.8. The molecular formula is C29H26O10. The fourth-order valence-corrected chi connectivity index (χ4v) is 3.97. The highest BCUT2D eigenvalue weighted by Gasteiger charge is 2.52. The lowest BCUT2D eigenvalue weighted by Crippen LogP contribution is -2.62. The first-order valence-corrected chi connectivity index (χ1v) is 12.1. The highest BCUT2D eigenvalue weighted by atomic mass is 16.7. The molecule has 1 fully saturated rings. The molecule has 2 unspecified atom stereocenters. The molecule has 1 heterocycles. The van der Waals surface area contributed by atoms with Crippen LogP contribution in [0.3, 0.4) is 0 Å². The topological polar surface area (TPSA) is 135 Å². The Morgan fingerprint density at radius 1 is 0.641 bits per heavy atom. The normalized spacial score (nSPS) is 22.3. The van der Waals surface area contributed by atoms with Crippen LogP contribution in [0, 0.1) is 0 Å². The number of esters is 4. The summed E-state index contributed by atoms with van der Waals surface area (Å²) in [5.41, 5.74) is 0.609. The van der Waals surface area contributed by atoms with E-state index in [4.69, 9.17) is 23.7 Å². The van der Waals surface area contributed by atoms with Gasteiger partial charge in [0.2, 0.25) is 0 Å². The highest BCUT2D eigenvalue weighted by Crippen LogP contribution is 2.29. The first kappa shape index (κ1) is 27.5. The summed E-state index contributed by atoms with van der Waals surface area (Å²) in [7, 11) is 0. The molecular weight excluding hydrogens is 508 g/mol. The van der Waals surface area contributed by atoms with Crippen LogP contribution in [0.1, 0.15) is 38.0 Å². The number of benzene rings is 3. The summed E-state index contributed by atoms with van der Waals surface area (Å²) in [5.74, 6) is -3.12. The molecule has 5 atom stereocenters. The smallest absolute Gasteiger partial charge is 0.338 e. The van der Waals surface area contributed by atoms with Crippen molar-refractivity contribution in [2.75, 3.05) is 6.61 Å². The van der Waals surface area contributed by atoms with Crippen molar-refractivity contribution in [2.45, 2.75) is 37.6 Å². The summed E-state index contributed by atoms with van der Waals surface area (Å²) < 4.78 is 27.5. The molecule has 1 aliphatic heterocycles. The first-order chi connectivity index (χ1) is 18.8. The number of aliphatic hydroxyl groups excluding tert-OH is 1. The van der Waals surface area contributed by atoms with Crippen molar-refractivity contribution in [1.82, 2.24) is 0 Å². The first-order valence-electron chi connectivity index (χ1n) is 12.1. The molecule has 1 saturated heterocycles. The number of carbonyl (C=O) groups is 4. The van der Waals surface area contributed by atoms with Gasteiger partial charge in [-0.05, 0) is 36.4 Å². The van der Waals surface area contributed by atoms with E-state index in [-0.39, 0.29) is 16.7 Å². The summed E-state index contributed by atoms with van der Waals surface area (Å²) in [6.07, 6.45) is -7.60. The Kier molecular flexibility index (Phi) is 9.03. The van der Waals surface area contributed by atoms with Crippen LogP contribution in [-0.4, -0.2) is 66.3 Å². The Bertz CT molecular complexity index is 1280. The lowest BCUT2D eigenvalue weighted by molar-refractivity contribution is -0.288. The van der Waals surface area contributed by atoms with E-state index in [2.05, 4.69) is 0 Å². The van der Waals surface area contributed by atoms with Crippen LogP contribution in [0.5, 0.6) is 0 Å². The zero-order valence-corrected chi connectivity index (χ0v) is 20.9. The van der Waals surface area contributed by atoms with Crippen molar-refractivity contribution < 1.29 is 48.0 Å². The van der Waals surface area contributed by atoms with Crippen LogP contribution >= 0.6 is 0 Å². The average molecular weight is 535 g/mol. The van der Waals surface area contributed by atoms with Gasteiger partial charge < -0.3 is 28.8 Å². The maximum absolute atomic E-state index is 13.0. The maximum Gasteiger partial charge on any atom is 0.338 e. The van der Waals surface area contributed by atoms with Crippen LogP contribution in [0.4, 0.5) is 0 Å². The zero-order chi connectivity index (χ0) is 27.8. The molecule has 3 aromatic carbocycles. The molecule has 0 aliphatic carbocycles.